The van der Waals surface area contributed by atoms with Crippen LogP contribution in [0.2, 0.25) is 0 Å². The van der Waals surface area contributed by atoms with E-state index >= 15 is 0 Å². The summed E-state index contributed by atoms with van der Waals surface area (Å²) in [5.41, 5.74) is 0. The van der Waals surface area contributed by atoms with Gasteiger partial charge in [-0.15, -0.1) is 0 Å². The highest BCUT2D eigenvalue weighted by atomic mass is 31.2. The van der Waals surface area contributed by atoms with Gasteiger partial charge in [-0.2, -0.15) is 0 Å². The second kappa shape index (κ2) is 55.5. The Labute approximate surface area is 457 Å². The second-order valence-electron chi connectivity index (χ2n) is 22.0. The van der Waals surface area contributed by atoms with Crippen molar-refractivity contribution in [2.75, 3.05) is 47.5 Å². The highest BCUT2D eigenvalue weighted by Gasteiger charge is 2.22. The van der Waals surface area contributed by atoms with Crippen LogP contribution in [0.3, 0.4) is 0 Å². The molecule has 432 valence electrons. The third kappa shape index (κ3) is 59.0. The molecule has 0 saturated heterocycles. The summed E-state index contributed by atoms with van der Waals surface area (Å²) >= 11 is 0. The average Bonchev–Trinajstić information content (AvgIpc) is 3.36. The molecule has 0 aliphatic carbocycles. The van der Waals surface area contributed by atoms with Gasteiger partial charge in [-0.3, -0.25) is 14.2 Å². The topological polar surface area (TPSA) is 111 Å². The zero-order valence-corrected chi connectivity index (χ0v) is 49.9. The molecule has 0 aliphatic heterocycles. The van der Waals surface area contributed by atoms with Crippen LogP contribution in [0.1, 0.15) is 284 Å². The van der Waals surface area contributed by atoms with Crippen molar-refractivity contribution in [2.24, 2.45) is 0 Å². The van der Waals surface area contributed by atoms with Gasteiger partial charge in [-0.05, 0) is 77.0 Å². The van der Waals surface area contributed by atoms with Gasteiger partial charge in [-0.1, -0.05) is 254 Å². The van der Waals surface area contributed by atoms with Crippen molar-refractivity contribution < 1.29 is 42.1 Å². The predicted octanol–water partition coefficient (Wildman–Crippen LogP) is 18.9. The van der Waals surface area contributed by atoms with Crippen LogP contribution in [-0.4, -0.2) is 70.0 Å². The van der Waals surface area contributed by atoms with Crippen molar-refractivity contribution in [3.8, 4) is 0 Å². The lowest BCUT2D eigenvalue weighted by Gasteiger charge is -2.28. The van der Waals surface area contributed by atoms with Gasteiger partial charge in [0.1, 0.15) is 19.8 Å². The zero-order valence-electron chi connectivity index (χ0n) is 49.0. The van der Waals surface area contributed by atoms with Gasteiger partial charge in [0.15, 0.2) is 6.10 Å². The van der Waals surface area contributed by atoms with E-state index in [1.54, 1.807) is 0 Å². The Morgan fingerprint density at radius 2 is 0.770 bits per heavy atom. The predicted molar refractivity (Wildman–Crippen MR) is 314 cm³/mol. The number of allylic oxidation sites excluding steroid dienone is 10. The quantitative estimate of drug-likeness (QED) is 0.0195. The fraction of sp³-hybridized carbons (Fsp3) is 0.812. The van der Waals surface area contributed by atoms with Crippen molar-refractivity contribution in [1.82, 2.24) is 0 Å². The monoisotopic (exact) mass is 1060 g/mol. The van der Waals surface area contributed by atoms with Crippen LogP contribution in [0.5, 0.6) is 0 Å². The van der Waals surface area contributed by atoms with Crippen LogP contribution in [0.25, 0.3) is 0 Å². The number of carbonyl (C=O) groups excluding carboxylic acids is 2. The summed E-state index contributed by atoms with van der Waals surface area (Å²) in [5, 5.41) is 0. The maximum atomic E-state index is 12.8. The largest absolute Gasteiger partial charge is 0.756 e. The lowest BCUT2D eigenvalue weighted by Crippen LogP contribution is -2.37. The highest BCUT2D eigenvalue weighted by Crippen LogP contribution is 2.38. The van der Waals surface area contributed by atoms with Crippen LogP contribution < -0.4 is 4.89 Å². The number of phosphoric acid groups is 1. The van der Waals surface area contributed by atoms with E-state index < -0.39 is 26.5 Å². The highest BCUT2D eigenvalue weighted by molar-refractivity contribution is 7.45. The van der Waals surface area contributed by atoms with E-state index in [1.807, 2.05) is 21.1 Å². The molecule has 0 N–H and O–H groups in total. The molecule has 2 unspecified atom stereocenters. The van der Waals surface area contributed by atoms with Gasteiger partial charge in [0.2, 0.25) is 0 Å². The molecule has 0 bridgehead atoms. The fourth-order valence-electron chi connectivity index (χ4n) is 8.76. The first-order valence-electron chi connectivity index (χ1n) is 31.0. The summed E-state index contributed by atoms with van der Waals surface area (Å²) in [6.45, 7) is 4.16. The molecule has 0 aliphatic rings. The van der Waals surface area contributed by atoms with Crippen LogP contribution in [0, 0.1) is 0 Å². The van der Waals surface area contributed by atoms with Crippen molar-refractivity contribution in [1.29, 1.82) is 0 Å². The Bertz CT molecular complexity index is 1430. The van der Waals surface area contributed by atoms with Crippen LogP contribution in [-0.2, 0) is 32.7 Å². The number of hydrogen-bond acceptors (Lipinski definition) is 8. The Morgan fingerprint density at radius 1 is 0.432 bits per heavy atom. The SMILES string of the molecule is CC/C=C\C/C=C\C/C=C\C/C=C\CCCCCCCCCCCCCCCCCCCCC(=O)OC(COC(=O)CCCCCCCCCCC/C=C\CCCCCCCC)COP(=O)([O-])OCC[N+](C)(C)C. The lowest BCUT2D eigenvalue weighted by molar-refractivity contribution is -0.870. The van der Waals surface area contributed by atoms with Crippen LogP contribution >= 0.6 is 7.82 Å². The smallest absolute Gasteiger partial charge is 0.306 e. The molecule has 0 spiro atoms. The van der Waals surface area contributed by atoms with Gasteiger partial charge in [0.25, 0.3) is 7.82 Å². The van der Waals surface area contributed by atoms with E-state index in [2.05, 4.69) is 74.6 Å². The number of esters is 2. The standard InChI is InChI=1S/C64H118NO8P/c1-6-8-10-12-14-16-18-20-22-24-26-27-28-29-30-31-32-33-34-35-36-37-39-41-43-45-47-49-51-53-55-57-64(67)73-62(61-72-74(68,69)71-59-58-65(3,4)5)60-70-63(66)56-54-52-50-48-46-44-42-40-38-25-23-21-19-17-15-13-11-9-7-2/h8,10,14,16,20-23,26-27,62H,6-7,9,11-13,15,17-19,24-25,28-61H2,1-5H3/b10-8-,16-14-,22-20-,23-21-,27-26-. The summed E-state index contributed by atoms with van der Waals surface area (Å²) in [4.78, 5) is 37.9. The lowest BCUT2D eigenvalue weighted by atomic mass is 10.0. The third-order valence-corrected chi connectivity index (χ3v) is 14.5. The van der Waals surface area contributed by atoms with E-state index in [0.717, 1.165) is 64.2 Å². The molecule has 9 nitrogen and oxygen atoms in total. The maximum absolute atomic E-state index is 12.8. The number of quaternary nitrogens is 1. The van der Waals surface area contributed by atoms with E-state index in [-0.39, 0.29) is 32.0 Å². The molecule has 0 rings (SSSR count). The number of unbranched alkanes of at least 4 members (excludes halogenated alkanes) is 33. The van der Waals surface area contributed by atoms with Crippen molar-refractivity contribution in [3.05, 3.63) is 60.8 Å². The summed E-state index contributed by atoms with van der Waals surface area (Å²) in [5.74, 6) is -0.824. The van der Waals surface area contributed by atoms with Gasteiger partial charge >= 0.3 is 11.9 Å². The normalized spacial score (nSPS) is 13.6. The molecule has 0 radical (unpaired) electrons. The van der Waals surface area contributed by atoms with Gasteiger partial charge in [0, 0.05) is 12.8 Å². The molecule has 0 heterocycles. The molecule has 0 amide bonds. The van der Waals surface area contributed by atoms with Gasteiger partial charge < -0.3 is 27.9 Å². The third-order valence-electron chi connectivity index (χ3n) is 13.5. The minimum atomic E-state index is -4.64. The number of hydrogen-bond donors (Lipinski definition) is 0. The fourth-order valence-corrected chi connectivity index (χ4v) is 9.49. The number of phosphoric ester groups is 1. The van der Waals surface area contributed by atoms with Crippen LogP contribution in [0.4, 0.5) is 0 Å². The summed E-state index contributed by atoms with van der Waals surface area (Å²) in [6, 6.07) is 0. The number of ether oxygens (including phenoxy) is 2. The van der Waals surface area contributed by atoms with E-state index in [1.165, 1.54) is 186 Å². The molecule has 0 aromatic carbocycles. The molecule has 0 fully saturated rings. The Morgan fingerprint density at radius 3 is 1.16 bits per heavy atom. The Kier molecular flexibility index (Phi) is 53.7. The number of carbonyl (C=O) groups is 2. The van der Waals surface area contributed by atoms with E-state index in [4.69, 9.17) is 18.5 Å². The second-order valence-corrected chi connectivity index (χ2v) is 23.4. The maximum Gasteiger partial charge on any atom is 0.306 e. The van der Waals surface area contributed by atoms with Crippen molar-refractivity contribution in [2.45, 2.75) is 290 Å². The zero-order chi connectivity index (χ0) is 54.2. The Balaban J connectivity index is 4.06. The first-order chi connectivity index (χ1) is 36.0. The number of nitrogens with zero attached hydrogens (tertiary/aromatic N) is 1. The molecule has 0 aromatic rings. The van der Waals surface area contributed by atoms with Gasteiger partial charge in [-0.25, -0.2) is 0 Å². The molecule has 0 saturated carbocycles. The molecule has 74 heavy (non-hydrogen) atoms. The summed E-state index contributed by atoms with van der Waals surface area (Å²) < 4.78 is 34.2. The Hall–Kier alpha value is -2.29. The first kappa shape index (κ1) is 71.7. The van der Waals surface area contributed by atoms with E-state index in [0.29, 0.717) is 17.4 Å². The molecule has 10 heteroatoms. The van der Waals surface area contributed by atoms with E-state index in [9.17, 15) is 19.0 Å². The first-order valence-corrected chi connectivity index (χ1v) is 32.5. The van der Waals surface area contributed by atoms with Crippen molar-refractivity contribution >= 4 is 19.8 Å². The number of likely N-dealkylation sites (N-methyl/N-ethyl adjacent to an activating group) is 1. The van der Waals surface area contributed by atoms with Crippen LogP contribution in [0.15, 0.2) is 60.8 Å². The van der Waals surface area contributed by atoms with Gasteiger partial charge in [0.05, 0.1) is 27.7 Å². The average molecular weight is 1060 g/mol. The summed E-state index contributed by atoms with van der Waals surface area (Å²) in [7, 11) is 1.17. The summed E-state index contributed by atoms with van der Waals surface area (Å²) in [6.07, 6.45) is 71.3. The minimum Gasteiger partial charge on any atom is -0.756 e. The molecular formula is C64H118NO8P. The van der Waals surface area contributed by atoms with Crippen molar-refractivity contribution in [3.63, 3.8) is 0 Å². The number of rotatable bonds is 57. The minimum absolute atomic E-state index is 0.0307. The molecule has 2 atom stereocenters. The molecular weight excluding hydrogens is 942 g/mol. The molecule has 0 aromatic heterocycles.